The summed E-state index contributed by atoms with van der Waals surface area (Å²) in [6, 6.07) is 0. The molecule has 0 amide bonds. The van der Waals surface area contributed by atoms with E-state index in [-0.39, 0.29) is 0 Å². The molecule has 0 bridgehead atoms. The lowest BCUT2D eigenvalue weighted by Gasteiger charge is -2.26. The van der Waals surface area contributed by atoms with Crippen LogP contribution in [-0.2, 0) is 4.74 Å². The van der Waals surface area contributed by atoms with Crippen LogP contribution in [0.25, 0.3) is 0 Å². The molecule has 1 heterocycles. The van der Waals surface area contributed by atoms with Crippen molar-refractivity contribution in [2.45, 2.75) is 19.3 Å². The molecule has 1 aliphatic heterocycles. The van der Waals surface area contributed by atoms with Crippen LogP contribution in [0.5, 0.6) is 0 Å². The Morgan fingerprint density at radius 1 is 1.47 bits per heavy atom. The molecule has 3 heteroatoms. The summed E-state index contributed by atoms with van der Waals surface area (Å²) in [6.07, 6.45) is 6.20. The topological polar surface area (TPSA) is 24.5 Å². The van der Waals surface area contributed by atoms with E-state index in [0.717, 1.165) is 25.6 Å². The lowest BCUT2D eigenvalue weighted by atomic mass is 9.92. The first-order valence-corrected chi connectivity index (χ1v) is 6.84. The molecule has 1 unspecified atom stereocenters. The van der Waals surface area contributed by atoms with E-state index >= 15 is 0 Å². The third-order valence-corrected chi connectivity index (χ3v) is 4.44. The zero-order chi connectivity index (χ0) is 12.1. The van der Waals surface area contributed by atoms with Crippen LogP contribution < -0.4 is 5.32 Å². The van der Waals surface area contributed by atoms with Gasteiger partial charge in [0.2, 0.25) is 0 Å². The molecule has 0 aromatic rings. The van der Waals surface area contributed by atoms with Gasteiger partial charge in [-0.3, -0.25) is 4.90 Å². The predicted octanol–water partition coefficient (Wildman–Crippen LogP) is 1.51. The molecular weight excluding hydrogens is 212 g/mol. The molecule has 2 aliphatic rings. The van der Waals surface area contributed by atoms with E-state index in [9.17, 15) is 0 Å². The summed E-state index contributed by atoms with van der Waals surface area (Å²) in [5.74, 6) is 0.918. The van der Waals surface area contributed by atoms with Crippen molar-refractivity contribution in [3.8, 4) is 0 Å². The molecule has 98 valence electrons. The van der Waals surface area contributed by atoms with E-state index in [2.05, 4.69) is 16.8 Å². The minimum absolute atomic E-state index is 0.692. The first-order chi connectivity index (χ1) is 8.30. The quantitative estimate of drug-likeness (QED) is 0.681. The SMILES string of the molecule is C=CCN(CCOC)CC1CC12CCNCC2. The average Bonchev–Trinajstić information content (AvgIpc) is 2.99. The van der Waals surface area contributed by atoms with E-state index < -0.39 is 0 Å². The van der Waals surface area contributed by atoms with Crippen molar-refractivity contribution >= 4 is 0 Å². The van der Waals surface area contributed by atoms with E-state index in [0.29, 0.717) is 5.41 Å². The maximum atomic E-state index is 5.17. The number of piperidine rings is 1. The molecule has 0 radical (unpaired) electrons. The third kappa shape index (κ3) is 3.30. The van der Waals surface area contributed by atoms with Gasteiger partial charge in [-0.05, 0) is 43.7 Å². The first-order valence-electron chi connectivity index (χ1n) is 6.84. The Morgan fingerprint density at radius 3 is 2.88 bits per heavy atom. The van der Waals surface area contributed by atoms with Crippen molar-refractivity contribution in [1.29, 1.82) is 0 Å². The van der Waals surface area contributed by atoms with Gasteiger partial charge in [0.15, 0.2) is 0 Å². The lowest BCUT2D eigenvalue weighted by molar-refractivity contribution is 0.146. The fourth-order valence-electron chi connectivity index (χ4n) is 3.20. The fraction of sp³-hybridized carbons (Fsp3) is 0.857. The van der Waals surface area contributed by atoms with E-state index in [4.69, 9.17) is 4.74 Å². The highest BCUT2D eigenvalue weighted by Gasteiger charge is 2.53. The second-order valence-corrected chi connectivity index (χ2v) is 5.55. The molecule has 1 atom stereocenters. The van der Waals surface area contributed by atoms with Crippen molar-refractivity contribution in [3.63, 3.8) is 0 Å². The minimum atomic E-state index is 0.692. The second-order valence-electron chi connectivity index (χ2n) is 5.55. The molecule has 3 nitrogen and oxygen atoms in total. The lowest BCUT2D eigenvalue weighted by Crippen LogP contribution is -2.34. The number of methoxy groups -OCH3 is 1. The van der Waals surface area contributed by atoms with Gasteiger partial charge in [-0.1, -0.05) is 6.08 Å². The van der Waals surface area contributed by atoms with Crippen LogP contribution in [0.1, 0.15) is 19.3 Å². The highest BCUT2D eigenvalue weighted by atomic mass is 16.5. The van der Waals surface area contributed by atoms with Crippen LogP contribution in [0.4, 0.5) is 0 Å². The maximum absolute atomic E-state index is 5.17. The molecule has 1 saturated heterocycles. The van der Waals surface area contributed by atoms with Crippen LogP contribution in [0.15, 0.2) is 12.7 Å². The zero-order valence-corrected chi connectivity index (χ0v) is 11.1. The average molecular weight is 238 g/mol. The summed E-state index contributed by atoms with van der Waals surface area (Å²) in [5.41, 5.74) is 0.692. The number of hydrogen-bond acceptors (Lipinski definition) is 3. The van der Waals surface area contributed by atoms with Crippen molar-refractivity contribution in [1.82, 2.24) is 10.2 Å². The Bertz CT molecular complexity index is 249. The summed E-state index contributed by atoms with van der Waals surface area (Å²) >= 11 is 0. The summed E-state index contributed by atoms with van der Waals surface area (Å²) in [7, 11) is 1.78. The number of nitrogens with one attached hydrogen (secondary N) is 1. The summed E-state index contributed by atoms with van der Waals surface area (Å²) in [5, 5.41) is 3.46. The van der Waals surface area contributed by atoms with Gasteiger partial charge in [0.05, 0.1) is 6.61 Å². The Hall–Kier alpha value is -0.380. The van der Waals surface area contributed by atoms with Crippen molar-refractivity contribution in [2.75, 3.05) is 46.4 Å². The maximum Gasteiger partial charge on any atom is 0.0589 e. The summed E-state index contributed by atoms with van der Waals surface area (Å²) in [4.78, 5) is 2.48. The fourth-order valence-corrected chi connectivity index (χ4v) is 3.20. The molecule has 1 aliphatic carbocycles. The van der Waals surface area contributed by atoms with Gasteiger partial charge in [-0.25, -0.2) is 0 Å². The van der Waals surface area contributed by atoms with Crippen LogP contribution in [0.3, 0.4) is 0 Å². The number of hydrogen-bond donors (Lipinski definition) is 1. The molecular formula is C14H26N2O. The van der Waals surface area contributed by atoms with Crippen LogP contribution in [0.2, 0.25) is 0 Å². The molecule has 17 heavy (non-hydrogen) atoms. The smallest absolute Gasteiger partial charge is 0.0589 e. The summed E-state index contributed by atoms with van der Waals surface area (Å²) in [6.45, 7) is 10.4. The second kappa shape index (κ2) is 5.98. The van der Waals surface area contributed by atoms with Gasteiger partial charge >= 0.3 is 0 Å². The Kier molecular flexibility index (Phi) is 4.60. The molecule has 0 aromatic heterocycles. The monoisotopic (exact) mass is 238 g/mol. The van der Waals surface area contributed by atoms with Gasteiger partial charge in [-0.15, -0.1) is 6.58 Å². The Balaban J connectivity index is 1.76. The Labute approximate surface area is 105 Å². The molecule has 2 rings (SSSR count). The van der Waals surface area contributed by atoms with Gasteiger partial charge in [0.25, 0.3) is 0 Å². The van der Waals surface area contributed by atoms with Crippen molar-refractivity contribution in [2.24, 2.45) is 11.3 Å². The molecule has 1 N–H and O–H groups in total. The minimum Gasteiger partial charge on any atom is -0.383 e. The first kappa shape index (κ1) is 13.1. The largest absolute Gasteiger partial charge is 0.383 e. The van der Waals surface area contributed by atoms with Crippen LogP contribution in [0, 0.1) is 11.3 Å². The van der Waals surface area contributed by atoms with E-state index in [1.54, 1.807) is 7.11 Å². The Morgan fingerprint density at radius 2 is 2.24 bits per heavy atom. The van der Waals surface area contributed by atoms with E-state index in [1.807, 2.05) is 6.08 Å². The molecule has 2 fully saturated rings. The molecule has 0 aromatic carbocycles. The third-order valence-electron chi connectivity index (χ3n) is 4.44. The van der Waals surface area contributed by atoms with Crippen molar-refractivity contribution in [3.05, 3.63) is 12.7 Å². The molecule has 1 spiro atoms. The zero-order valence-electron chi connectivity index (χ0n) is 11.1. The number of nitrogens with zero attached hydrogens (tertiary/aromatic N) is 1. The van der Waals surface area contributed by atoms with Gasteiger partial charge in [0.1, 0.15) is 0 Å². The highest BCUT2D eigenvalue weighted by molar-refractivity contribution is 5.05. The molecule has 1 saturated carbocycles. The normalized spacial score (nSPS) is 26.4. The van der Waals surface area contributed by atoms with Gasteiger partial charge < -0.3 is 10.1 Å². The van der Waals surface area contributed by atoms with Gasteiger partial charge in [-0.2, -0.15) is 0 Å². The number of rotatable bonds is 7. The van der Waals surface area contributed by atoms with E-state index in [1.165, 1.54) is 38.9 Å². The van der Waals surface area contributed by atoms with Crippen LogP contribution in [-0.4, -0.2) is 51.3 Å². The summed E-state index contributed by atoms with van der Waals surface area (Å²) < 4.78 is 5.17. The standard InChI is InChI=1S/C14H26N2O/c1-3-8-16(9-10-17-2)12-13-11-14(13)4-6-15-7-5-14/h3,13,15H,1,4-12H2,2H3. The predicted molar refractivity (Wildman–Crippen MR) is 71.2 cm³/mol. The van der Waals surface area contributed by atoms with Crippen LogP contribution >= 0.6 is 0 Å². The van der Waals surface area contributed by atoms with Gasteiger partial charge in [0, 0.05) is 26.7 Å². The number of ether oxygens (including phenoxy) is 1. The highest BCUT2D eigenvalue weighted by Crippen LogP contribution is 2.58. The van der Waals surface area contributed by atoms with Crippen molar-refractivity contribution < 1.29 is 4.74 Å².